The summed E-state index contributed by atoms with van der Waals surface area (Å²) in [6.07, 6.45) is 0. The van der Waals surface area contributed by atoms with Gasteiger partial charge in [-0.15, -0.1) is 0 Å². The third-order valence-electron chi connectivity index (χ3n) is 2.92. The number of para-hydroxylation sites is 1. The molecule has 110 valence electrons. The molecule has 5 heteroatoms. The second-order valence-electron chi connectivity index (χ2n) is 4.41. The average molecular weight is 294 g/mol. The van der Waals surface area contributed by atoms with Gasteiger partial charge in [0, 0.05) is 5.56 Å². The standard InChI is InChI=1S/C17H14N2O3/c1-2-22-17(21)14-8-3-4-9-15(14)19-16(20)13-7-5-6-12(10-13)11-18/h3-10H,2H2,1H3,(H,19,20). The highest BCUT2D eigenvalue weighted by Crippen LogP contribution is 2.17. The van der Waals surface area contributed by atoms with Gasteiger partial charge in [-0.3, -0.25) is 4.79 Å². The van der Waals surface area contributed by atoms with Gasteiger partial charge in [-0.2, -0.15) is 5.26 Å². The van der Waals surface area contributed by atoms with Crippen molar-refractivity contribution in [2.45, 2.75) is 6.92 Å². The van der Waals surface area contributed by atoms with Crippen molar-refractivity contribution in [3.8, 4) is 6.07 Å². The molecule has 2 rings (SSSR count). The van der Waals surface area contributed by atoms with Crippen molar-refractivity contribution in [2.24, 2.45) is 0 Å². The van der Waals surface area contributed by atoms with Crippen LogP contribution < -0.4 is 5.32 Å². The van der Waals surface area contributed by atoms with E-state index in [1.165, 1.54) is 6.07 Å². The van der Waals surface area contributed by atoms with Crippen molar-refractivity contribution in [3.05, 3.63) is 65.2 Å². The Labute approximate surface area is 128 Å². The van der Waals surface area contributed by atoms with E-state index in [1.54, 1.807) is 49.4 Å². The van der Waals surface area contributed by atoms with E-state index in [0.717, 1.165) is 0 Å². The van der Waals surface area contributed by atoms with E-state index >= 15 is 0 Å². The Morgan fingerprint density at radius 3 is 2.68 bits per heavy atom. The Morgan fingerprint density at radius 2 is 1.95 bits per heavy atom. The number of nitrogens with one attached hydrogen (secondary N) is 1. The molecule has 0 fully saturated rings. The molecule has 0 bridgehead atoms. The normalized spacial score (nSPS) is 9.64. The number of amides is 1. The van der Waals surface area contributed by atoms with E-state index in [9.17, 15) is 9.59 Å². The maximum Gasteiger partial charge on any atom is 0.340 e. The molecule has 0 spiro atoms. The first kappa shape index (κ1) is 15.3. The van der Waals surface area contributed by atoms with Crippen LogP contribution in [0.3, 0.4) is 0 Å². The summed E-state index contributed by atoms with van der Waals surface area (Å²) < 4.78 is 4.96. The van der Waals surface area contributed by atoms with Crippen molar-refractivity contribution in [3.63, 3.8) is 0 Å². The topological polar surface area (TPSA) is 79.2 Å². The molecule has 2 aromatic rings. The molecule has 5 nitrogen and oxygen atoms in total. The molecule has 0 unspecified atom stereocenters. The quantitative estimate of drug-likeness (QED) is 0.879. The van der Waals surface area contributed by atoms with Gasteiger partial charge < -0.3 is 10.1 Å². The lowest BCUT2D eigenvalue weighted by Crippen LogP contribution is -2.16. The Bertz CT molecular complexity index is 748. The molecule has 2 aromatic carbocycles. The fraction of sp³-hybridized carbons (Fsp3) is 0.118. The molecule has 0 atom stereocenters. The highest BCUT2D eigenvalue weighted by molar-refractivity contribution is 6.08. The number of esters is 1. The largest absolute Gasteiger partial charge is 0.462 e. The van der Waals surface area contributed by atoms with Gasteiger partial charge in [0.15, 0.2) is 0 Å². The van der Waals surface area contributed by atoms with Crippen LogP contribution in [0.4, 0.5) is 5.69 Å². The number of hydrogen-bond donors (Lipinski definition) is 1. The molecule has 0 aliphatic rings. The molecule has 0 saturated heterocycles. The second-order valence-corrected chi connectivity index (χ2v) is 4.41. The fourth-order valence-corrected chi connectivity index (χ4v) is 1.90. The van der Waals surface area contributed by atoms with Crippen LogP contribution in [0.1, 0.15) is 33.2 Å². The number of hydrogen-bond acceptors (Lipinski definition) is 4. The SMILES string of the molecule is CCOC(=O)c1ccccc1NC(=O)c1cccc(C#N)c1. The molecular weight excluding hydrogens is 280 g/mol. The summed E-state index contributed by atoms with van der Waals surface area (Å²) in [6.45, 7) is 1.97. The van der Waals surface area contributed by atoms with Gasteiger partial charge in [-0.1, -0.05) is 18.2 Å². The van der Waals surface area contributed by atoms with Crippen molar-refractivity contribution >= 4 is 17.6 Å². The third kappa shape index (κ3) is 3.49. The third-order valence-corrected chi connectivity index (χ3v) is 2.92. The van der Waals surface area contributed by atoms with Gasteiger partial charge in [-0.25, -0.2) is 4.79 Å². The zero-order valence-corrected chi connectivity index (χ0v) is 12.0. The fourth-order valence-electron chi connectivity index (χ4n) is 1.90. The molecule has 0 heterocycles. The van der Waals surface area contributed by atoms with E-state index in [2.05, 4.69) is 5.32 Å². The zero-order chi connectivity index (χ0) is 15.9. The molecule has 1 N–H and O–H groups in total. The van der Waals surface area contributed by atoms with Crippen molar-refractivity contribution < 1.29 is 14.3 Å². The summed E-state index contributed by atoms with van der Waals surface area (Å²) in [6, 6.07) is 14.9. The Hall–Kier alpha value is -3.13. The van der Waals surface area contributed by atoms with Crippen LogP contribution >= 0.6 is 0 Å². The Balaban J connectivity index is 2.25. The van der Waals surface area contributed by atoms with Crippen LogP contribution in [0.5, 0.6) is 0 Å². The first-order valence-electron chi connectivity index (χ1n) is 6.73. The first-order chi connectivity index (χ1) is 10.7. The maximum absolute atomic E-state index is 12.2. The van der Waals surface area contributed by atoms with Crippen LogP contribution in [0.15, 0.2) is 48.5 Å². The Morgan fingerprint density at radius 1 is 1.18 bits per heavy atom. The lowest BCUT2D eigenvalue weighted by atomic mass is 10.1. The Kier molecular flexibility index (Phi) is 4.89. The summed E-state index contributed by atoms with van der Waals surface area (Å²) in [4.78, 5) is 24.1. The monoisotopic (exact) mass is 294 g/mol. The summed E-state index contributed by atoms with van der Waals surface area (Å²) in [5, 5.41) is 11.5. The molecule has 0 saturated carbocycles. The van der Waals surface area contributed by atoms with E-state index in [0.29, 0.717) is 16.8 Å². The van der Waals surface area contributed by atoms with Crippen molar-refractivity contribution in [1.29, 1.82) is 5.26 Å². The maximum atomic E-state index is 12.2. The smallest absolute Gasteiger partial charge is 0.340 e. The van der Waals surface area contributed by atoms with Gasteiger partial charge in [-0.05, 0) is 37.3 Å². The lowest BCUT2D eigenvalue weighted by molar-refractivity contribution is 0.0527. The minimum atomic E-state index is -0.496. The number of benzene rings is 2. The lowest BCUT2D eigenvalue weighted by Gasteiger charge is -2.10. The van der Waals surface area contributed by atoms with E-state index < -0.39 is 11.9 Å². The number of nitriles is 1. The molecule has 0 aliphatic heterocycles. The number of carbonyl (C=O) groups is 2. The van der Waals surface area contributed by atoms with E-state index in [1.807, 2.05) is 6.07 Å². The first-order valence-corrected chi connectivity index (χ1v) is 6.73. The number of rotatable bonds is 4. The predicted octanol–water partition coefficient (Wildman–Crippen LogP) is 2.99. The molecule has 1 amide bonds. The molecule has 0 aromatic heterocycles. The predicted molar refractivity (Wildman–Crippen MR) is 81.5 cm³/mol. The molecule has 22 heavy (non-hydrogen) atoms. The van der Waals surface area contributed by atoms with Gasteiger partial charge in [0.1, 0.15) is 0 Å². The number of carbonyl (C=O) groups excluding carboxylic acids is 2. The summed E-state index contributed by atoms with van der Waals surface area (Å²) in [7, 11) is 0. The minimum Gasteiger partial charge on any atom is -0.462 e. The van der Waals surface area contributed by atoms with Crippen LogP contribution in [-0.2, 0) is 4.74 Å². The number of nitrogens with zero attached hydrogens (tertiary/aromatic N) is 1. The number of ether oxygens (including phenoxy) is 1. The summed E-state index contributed by atoms with van der Waals surface area (Å²) in [5.41, 5.74) is 1.39. The van der Waals surface area contributed by atoms with E-state index in [4.69, 9.17) is 10.00 Å². The van der Waals surface area contributed by atoms with Crippen LogP contribution in [-0.4, -0.2) is 18.5 Å². The second kappa shape index (κ2) is 7.04. The van der Waals surface area contributed by atoms with Gasteiger partial charge in [0.2, 0.25) is 0 Å². The number of anilines is 1. The van der Waals surface area contributed by atoms with E-state index in [-0.39, 0.29) is 12.2 Å². The van der Waals surface area contributed by atoms with Crippen molar-refractivity contribution in [2.75, 3.05) is 11.9 Å². The average Bonchev–Trinajstić information content (AvgIpc) is 2.55. The van der Waals surface area contributed by atoms with Gasteiger partial charge in [0.25, 0.3) is 5.91 Å². The molecular formula is C17H14N2O3. The zero-order valence-electron chi connectivity index (χ0n) is 12.0. The van der Waals surface area contributed by atoms with Gasteiger partial charge in [0.05, 0.1) is 29.5 Å². The van der Waals surface area contributed by atoms with Crippen molar-refractivity contribution in [1.82, 2.24) is 0 Å². The molecule has 0 aliphatic carbocycles. The van der Waals surface area contributed by atoms with Crippen LogP contribution in [0, 0.1) is 11.3 Å². The van der Waals surface area contributed by atoms with Crippen LogP contribution in [0.2, 0.25) is 0 Å². The highest BCUT2D eigenvalue weighted by atomic mass is 16.5. The van der Waals surface area contributed by atoms with Crippen LogP contribution in [0.25, 0.3) is 0 Å². The minimum absolute atomic E-state index is 0.255. The highest BCUT2D eigenvalue weighted by Gasteiger charge is 2.14. The molecule has 0 radical (unpaired) electrons. The summed E-state index contributed by atoms with van der Waals surface area (Å²) >= 11 is 0. The van der Waals surface area contributed by atoms with Gasteiger partial charge >= 0.3 is 5.97 Å². The summed E-state index contributed by atoms with van der Waals surface area (Å²) in [5.74, 6) is -0.891.